The Bertz CT molecular complexity index is 1260. The standard InChI is InChI=1S/C29H22N2/c1-4-14-24(15-5-1)29(25-16-6-2-7-17-25)30-31(26-19-8-3-9-20-26)28-22-12-18-23-13-10-11-21-27(23)28/h1-22H. The molecule has 5 aromatic rings. The quantitative estimate of drug-likeness (QED) is 0.222. The van der Waals surface area contributed by atoms with Gasteiger partial charge in [-0.15, -0.1) is 0 Å². The zero-order valence-corrected chi connectivity index (χ0v) is 17.1. The molecule has 0 radical (unpaired) electrons. The van der Waals surface area contributed by atoms with Crippen LogP contribution in [0.5, 0.6) is 0 Å². The van der Waals surface area contributed by atoms with Crippen LogP contribution in [0.2, 0.25) is 0 Å². The Labute approximate surface area is 182 Å². The van der Waals surface area contributed by atoms with Crippen LogP contribution < -0.4 is 5.01 Å². The second-order valence-electron chi connectivity index (χ2n) is 7.33. The molecule has 0 saturated heterocycles. The minimum absolute atomic E-state index is 0.929. The zero-order chi connectivity index (χ0) is 20.9. The van der Waals surface area contributed by atoms with E-state index in [9.17, 15) is 0 Å². The normalized spacial score (nSPS) is 10.6. The van der Waals surface area contributed by atoms with E-state index < -0.39 is 0 Å². The monoisotopic (exact) mass is 398 g/mol. The third kappa shape index (κ3) is 3.96. The fraction of sp³-hybridized carbons (Fsp3) is 0. The average Bonchev–Trinajstić information content (AvgIpc) is 2.86. The Kier molecular flexibility index (Phi) is 5.27. The summed E-state index contributed by atoms with van der Waals surface area (Å²) in [4.78, 5) is 0. The average molecular weight is 399 g/mol. The van der Waals surface area contributed by atoms with Crippen LogP contribution in [0.15, 0.2) is 139 Å². The topological polar surface area (TPSA) is 15.6 Å². The second kappa shape index (κ2) is 8.68. The molecule has 0 aliphatic rings. The molecule has 0 saturated carbocycles. The number of para-hydroxylation sites is 1. The molecule has 0 bridgehead atoms. The Morgan fingerprint density at radius 2 is 1.00 bits per heavy atom. The lowest BCUT2D eigenvalue weighted by Crippen LogP contribution is -2.15. The molecule has 2 heteroatoms. The van der Waals surface area contributed by atoms with Gasteiger partial charge < -0.3 is 0 Å². The summed E-state index contributed by atoms with van der Waals surface area (Å²) in [6.45, 7) is 0. The van der Waals surface area contributed by atoms with E-state index in [4.69, 9.17) is 5.10 Å². The van der Waals surface area contributed by atoms with Crippen molar-refractivity contribution in [1.82, 2.24) is 0 Å². The summed E-state index contributed by atoms with van der Waals surface area (Å²) in [5, 5.41) is 9.67. The number of nitrogens with zero attached hydrogens (tertiary/aromatic N) is 2. The van der Waals surface area contributed by atoms with Crippen molar-refractivity contribution < 1.29 is 0 Å². The first-order valence-electron chi connectivity index (χ1n) is 10.4. The number of fused-ring (bicyclic) bond motifs is 1. The van der Waals surface area contributed by atoms with E-state index in [-0.39, 0.29) is 0 Å². The van der Waals surface area contributed by atoms with E-state index in [2.05, 4.69) is 108 Å². The molecule has 0 amide bonds. The molecule has 0 spiro atoms. The van der Waals surface area contributed by atoms with Gasteiger partial charge in [0.1, 0.15) is 0 Å². The highest BCUT2D eigenvalue weighted by atomic mass is 15.5. The van der Waals surface area contributed by atoms with Gasteiger partial charge in [0.2, 0.25) is 0 Å². The van der Waals surface area contributed by atoms with Crippen molar-refractivity contribution in [3.63, 3.8) is 0 Å². The summed E-state index contributed by atoms with van der Waals surface area (Å²) in [6, 6.07) is 45.8. The third-order valence-corrected chi connectivity index (χ3v) is 5.29. The molecule has 0 atom stereocenters. The van der Waals surface area contributed by atoms with Gasteiger partial charge >= 0.3 is 0 Å². The number of hydrogen-bond acceptors (Lipinski definition) is 2. The van der Waals surface area contributed by atoms with Gasteiger partial charge in [-0.05, 0) is 23.6 Å². The third-order valence-electron chi connectivity index (χ3n) is 5.29. The fourth-order valence-corrected chi connectivity index (χ4v) is 3.79. The number of benzene rings is 5. The molecule has 31 heavy (non-hydrogen) atoms. The van der Waals surface area contributed by atoms with E-state index in [1.54, 1.807) is 0 Å². The largest absolute Gasteiger partial charge is 0.233 e. The molecule has 5 aromatic carbocycles. The Morgan fingerprint density at radius 1 is 0.484 bits per heavy atom. The molecule has 0 aromatic heterocycles. The van der Waals surface area contributed by atoms with E-state index >= 15 is 0 Å². The van der Waals surface area contributed by atoms with Crippen LogP contribution in [0.1, 0.15) is 11.1 Å². The molecule has 148 valence electrons. The molecular formula is C29H22N2. The highest BCUT2D eigenvalue weighted by molar-refractivity contribution is 6.13. The smallest absolute Gasteiger partial charge is 0.0984 e. The number of rotatable bonds is 5. The number of anilines is 2. The highest BCUT2D eigenvalue weighted by Crippen LogP contribution is 2.33. The maximum atomic E-state index is 5.26. The van der Waals surface area contributed by atoms with Crippen molar-refractivity contribution in [1.29, 1.82) is 0 Å². The molecule has 5 rings (SSSR count). The van der Waals surface area contributed by atoms with E-state index in [1.807, 2.05) is 30.3 Å². The summed E-state index contributed by atoms with van der Waals surface area (Å²) in [7, 11) is 0. The van der Waals surface area contributed by atoms with Gasteiger partial charge in [-0.2, -0.15) is 5.10 Å². The van der Waals surface area contributed by atoms with E-state index in [0.717, 1.165) is 33.6 Å². The van der Waals surface area contributed by atoms with Gasteiger partial charge in [0.05, 0.1) is 17.1 Å². The fourth-order valence-electron chi connectivity index (χ4n) is 3.79. The van der Waals surface area contributed by atoms with Gasteiger partial charge in [0, 0.05) is 16.5 Å². The maximum Gasteiger partial charge on any atom is 0.0984 e. The lowest BCUT2D eigenvalue weighted by atomic mass is 10.0. The van der Waals surface area contributed by atoms with Crippen LogP contribution in [0.3, 0.4) is 0 Å². The summed E-state index contributed by atoms with van der Waals surface area (Å²) in [5.74, 6) is 0. The first-order valence-corrected chi connectivity index (χ1v) is 10.4. The predicted molar refractivity (Wildman–Crippen MR) is 131 cm³/mol. The molecule has 2 nitrogen and oxygen atoms in total. The minimum Gasteiger partial charge on any atom is -0.233 e. The van der Waals surface area contributed by atoms with Crippen LogP contribution in [0.25, 0.3) is 10.8 Å². The summed E-state index contributed by atoms with van der Waals surface area (Å²) >= 11 is 0. The Hall–Kier alpha value is -4.17. The molecule has 0 aliphatic carbocycles. The summed E-state index contributed by atoms with van der Waals surface area (Å²) in [6.07, 6.45) is 0. The summed E-state index contributed by atoms with van der Waals surface area (Å²) in [5.41, 5.74) is 5.15. The maximum absolute atomic E-state index is 5.26. The van der Waals surface area contributed by atoms with Gasteiger partial charge in [-0.3, -0.25) is 0 Å². The second-order valence-corrected chi connectivity index (χ2v) is 7.33. The van der Waals surface area contributed by atoms with Crippen LogP contribution in [0, 0.1) is 0 Å². The lowest BCUT2D eigenvalue weighted by Gasteiger charge is -2.23. The van der Waals surface area contributed by atoms with Crippen LogP contribution in [0.4, 0.5) is 11.4 Å². The first-order chi connectivity index (χ1) is 15.4. The van der Waals surface area contributed by atoms with Crippen molar-refractivity contribution in [2.75, 3.05) is 5.01 Å². The van der Waals surface area contributed by atoms with Crippen LogP contribution in [-0.2, 0) is 0 Å². The number of hydrogen-bond donors (Lipinski definition) is 0. The SMILES string of the molecule is c1ccc(C(=NN(c2ccccc2)c2cccc3ccccc23)c2ccccc2)cc1. The molecule has 0 fully saturated rings. The van der Waals surface area contributed by atoms with Gasteiger partial charge in [0.15, 0.2) is 0 Å². The molecule has 0 unspecified atom stereocenters. The summed E-state index contributed by atoms with van der Waals surface area (Å²) < 4.78 is 0. The van der Waals surface area contributed by atoms with Crippen molar-refractivity contribution in [2.45, 2.75) is 0 Å². The van der Waals surface area contributed by atoms with Crippen molar-refractivity contribution in [3.05, 3.63) is 145 Å². The minimum atomic E-state index is 0.929. The molecule has 0 N–H and O–H groups in total. The van der Waals surface area contributed by atoms with Crippen LogP contribution >= 0.6 is 0 Å². The van der Waals surface area contributed by atoms with Crippen molar-refractivity contribution >= 4 is 27.9 Å². The zero-order valence-electron chi connectivity index (χ0n) is 17.1. The highest BCUT2D eigenvalue weighted by Gasteiger charge is 2.15. The molecule has 0 heterocycles. The predicted octanol–water partition coefficient (Wildman–Crippen LogP) is 7.43. The first kappa shape index (κ1) is 18.8. The van der Waals surface area contributed by atoms with Gasteiger partial charge in [-0.1, -0.05) is 115 Å². The molecular weight excluding hydrogens is 376 g/mol. The lowest BCUT2D eigenvalue weighted by molar-refractivity contribution is 1.09. The van der Waals surface area contributed by atoms with Crippen LogP contribution in [-0.4, -0.2) is 5.71 Å². The van der Waals surface area contributed by atoms with E-state index in [1.165, 1.54) is 5.39 Å². The van der Waals surface area contributed by atoms with Gasteiger partial charge in [0.25, 0.3) is 0 Å². The Balaban J connectivity index is 1.77. The van der Waals surface area contributed by atoms with E-state index in [0.29, 0.717) is 0 Å². The molecule has 0 aliphatic heterocycles. The van der Waals surface area contributed by atoms with Crippen molar-refractivity contribution in [2.24, 2.45) is 5.10 Å². The van der Waals surface area contributed by atoms with Gasteiger partial charge in [-0.25, -0.2) is 5.01 Å². The number of hydrazone groups is 1. The Morgan fingerprint density at radius 3 is 1.65 bits per heavy atom. The van der Waals surface area contributed by atoms with Crippen molar-refractivity contribution in [3.8, 4) is 0 Å².